The molecule has 0 spiro atoms. The molecule has 1 aromatic carbocycles. The minimum atomic E-state index is -0.489. The van der Waals surface area contributed by atoms with Gasteiger partial charge in [-0.25, -0.2) is 4.39 Å². The molecule has 1 unspecified atom stereocenters. The highest BCUT2D eigenvalue weighted by Crippen LogP contribution is 2.11. The molecular weight excluding hydrogens is 207 g/mol. The Morgan fingerprint density at radius 3 is 2.81 bits per heavy atom. The summed E-state index contributed by atoms with van der Waals surface area (Å²) >= 11 is 0. The molecule has 1 N–H and O–H groups in total. The molecule has 0 aliphatic heterocycles. The Morgan fingerprint density at radius 2 is 2.12 bits per heavy atom. The molecule has 1 atom stereocenters. The minimum absolute atomic E-state index is 0.244. The maximum absolute atomic E-state index is 13.3. The van der Waals surface area contributed by atoms with E-state index in [2.05, 4.69) is 0 Å². The number of ether oxygens (including phenoxy) is 1. The predicted molar refractivity (Wildman–Crippen MR) is 61.8 cm³/mol. The summed E-state index contributed by atoms with van der Waals surface area (Å²) in [5.74, 6) is -0.244. The van der Waals surface area contributed by atoms with Crippen LogP contribution < -0.4 is 0 Å². The van der Waals surface area contributed by atoms with Crippen LogP contribution in [-0.2, 0) is 11.2 Å². The molecule has 2 nitrogen and oxygen atoms in total. The van der Waals surface area contributed by atoms with Crippen LogP contribution in [0.25, 0.3) is 0 Å². The van der Waals surface area contributed by atoms with Crippen LogP contribution in [0.15, 0.2) is 24.3 Å². The smallest absolute Gasteiger partial charge is 0.126 e. The third-order valence-corrected chi connectivity index (χ3v) is 2.44. The lowest BCUT2D eigenvalue weighted by molar-refractivity contribution is 0.114. The van der Waals surface area contributed by atoms with Crippen LogP contribution in [0.3, 0.4) is 0 Å². The first-order valence-corrected chi connectivity index (χ1v) is 5.73. The lowest BCUT2D eigenvalue weighted by Crippen LogP contribution is -2.12. The number of hydrogen-bond acceptors (Lipinski definition) is 2. The van der Waals surface area contributed by atoms with Crippen molar-refractivity contribution in [1.29, 1.82) is 0 Å². The number of aliphatic hydroxyl groups excluding tert-OH is 1. The van der Waals surface area contributed by atoms with E-state index in [9.17, 15) is 9.50 Å². The third kappa shape index (κ3) is 4.73. The lowest BCUT2D eigenvalue weighted by Gasteiger charge is -2.11. The fourth-order valence-corrected chi connectivity index (χ4v) is 1.59. The van der Waals surface area contributed by atoms with Gasteiger partial charge in [-0.15, -0.1) is 0 Å². The van der Waals surface area contributed by atoms with E-state index in [0.29, 0.717) is 31.6 Å². The van der Waals surface area contributed by atoms with Crippen molar-refractivity contribution < 1.29 is 14.2 Å². The number of rotatable bonds is 7. The first-order valence-electron chi connectivity index (χ1n) is 5.73. The van der Waals surface area contributed by atoms with E-state index in [4.69, 9.17) is 4.74 Å². The van der Waals surface area contributed by atoms with Gasteiger partial charge in [0.15, 0.2) is 0 Å². The van der Waals surface area contributed by atoms with Crippen molar-refractivity contribution in [3.8, 4) is 0 Å². The topological polar surface area (TPSA) is 29.5 Å². The molecule has 1 rings (SSSR count). The number of benzene rings is 1. The fourth-order valence-electron chi connectivity index (χ4n) is 1.59. The van der Waals surface area contributed by atoms with Gasteiger partial charge in [0, 0.05) is 19.6 Å². The van der Waals surface area contributed by atoms with Gasteiger partial charge in [0.2, 0.25) is 0 Å². The minimum Gasteiger partial charge on any atom is -0.393 e. The standard InChI is InChI=1S/C13H19FO2/c1-2-16-9-5-7-12(15)10-11-6-3-4-8-13(11)14/h3-4,6,8,12,15H,2,5,7,9-10H2,1H3. The zero-order valence-electron chi connectivity index (χ0n) is 9.66. The SMILES string of the molecule is CCOCCCC(O)Cc1ccccc1F. The van der Waals surface area contributed by atoms with Crippen LogP contribution in [0.2, 0.25) is 0 Å². The van der Waals surface area contributed by atoms with Crippen LogP contribution in [0.4, 0.5) is 4.39 Å². The van der Waals surface area contributed by atoms with Gasteiger partial charge in [-0.2, -0.15) is 0 Å². The normalized spacial score (nSPS) is 12.7. The van der Waals surface area contributed by atoms with Gasteiger partial charge in [0.1, 0.15) is 5.82 Å². The number of hydrogen-bond donors (Lipinski definition) is 1. The van der Waals surface area contributed by atoms with Crippen molar-refractivity contribution in [2.24, 2.45) is 0 Å². The van der Waals surface area contributed by atoms with Crippen LogP contribution in [0.1, 0.15) is 25.3 Å². The Labute approximate surface area is 96.1 Å². The van der Waals surface area contributed by atoms with Crippen LogP contribution in [-0.4, -0.2) is 24.4 Å². The molecule has 0 aliphatic rings. The van der Waals surface area contributed by atoms with Gasteiger partial charge in [-0.05, 0) is 31.4 Å². The molecule has 0 aromatic heterocycles. The molecule has 0 fully saturated rings. The van der Waals surface area contributed by atoms with E-state index in [1.54, 1.807) is 18.2 Å². The van der Waals surface area contributed by atoms with E-state index in [0.717, 1.165) is 6.42 Å². The fraction of sp³-hybridized carbons (Fsp3) is 0.538. The summed E-state index contributed by atoms with van der Waals surface area (Å²) in [5.41, 5.74) is 0.575. The van der Waals surface area contributed by atoms with Gasteiger partial charge in [0.25, 0.3) is 0 Å². The summed E-state index contributed by atoms with van der Waals surface area (Å²) in [6.07, 6.45) is 1.34. The molecular formula is C13H19FO2. The second-order valence-corrected chi connectivity index (χ2v) is 3.79. The van der Waals surface area contributed by atoms with Gasteiger partial charge in [0.05, 0.1) is 6.10 Å². The summed E-state index contributed by atoms with van der Waals surface area (Å²) in [6.45, 7) is 3.30. The second kappa shape index (κ2) is 7.36. The third-order valence-electron chi connectivity index (χ3n) is 2.44. The highest BCUT2D eigenvalue weighted by Gasteiger charge is 2.08. The van der Waals surface area contributed by atoms with Gasteiger partial charge in [-0.1, -0.05) is 18.2 Å². The first-order chi connectivity index (χ1) is 7.74. The largest absolute Gasteiger partial charge is 0.393 e. The Morgan fingerprint density at radius 1 is 1.38 bits per heavy atom. The molecule has 0 bridgehead atoms. The quantitative estimate of drug-likeness (QED) is 0.724. The Bertz CT molecular complexity index is 302. The molecule has 16 heavy (non-hydrogen) atoms. The van der Waals surface area contributed by atoms with E-state index in [1.165, 1.54) is 6.07 Å². The predicted octanol–water partition coefficient (Wildman–Crippen LogP) is 2.55. The highest BCUT2D eigenvalue weighted by molar-refractivity contribution is 5.17. The van der Waals surface area contributed by atoms with Crippen molar-refractivity contribution in [2.75, 3.05) is 13.2 Å². The molecule has 0 aliphatic carbocycles. The highest BCUT2D eigenvalue weighted by atomic mass is 19.1. The second-order valence-electron chi connectivity index (χ2n) is 3.79. The maximum Gasteiger partial charge on any atom is 0.126 e. The lowest BCUT2D eigenvalue weighted by atomic mass is 10.0. The maximum atomic E-state index is 13.3. The molecule has 0 amide bonds. The van der Waals surface area contributed by atoms with Gasteiger partial charge in [-0.3, -0.25) is 0 Å². The zero-order valence-corrected chi connectivity index (χ0v) is 9.66. The summed E-state index contributed by atoms with van der Waals surface area (Å²) in [6, 6.07) is 6.56. The van der Waals surface area contributed by atoms with E-state index < -0.39 is 6.10 Å². The average molecular weight is 226 g/mol. The molecule has 3 heteroatoms. The molecule has 90 valence electrons. The summed E-state index contributed by atoms with van der Waals surface area (Å²) in [7, 11) is 0. The molecule has 0 saturated heterocycles. The monoisotopic (exact) mass is 226 g/mol. The zero-order chi connectivity index (χ0) is 11.8. The first kappa shape index (κ1) is 13.1. The Kier molecular flexibility index (Phi) is 6.04. The van der Waals surface area contributed by atoms with Crippen LogP contribution >= 0.6 is 0 Å². The van der Waals surface area contributed by atoms with Crippen LogP contribution in [0, 0.1) is 5.82 Å². The van der Waals surface area contributed by atoms with Crippen LogP contribution in [0.5, 0.6) is 0 Å². The van der Waals surface area contributed by atoms with E-state index in [1.807, 2.05) is 6.92 Å². The number of halogens is 1. The van der Waals surface area contributed by atoms with Crippen molar-refractivity contribution in [1.82, 2.24) is 0 Å². The van der Waals surface area contributed by atoms with Crippen molar-refractivity contribution in [2.45, 2.75) is 32.3 Å². The summed E-state index contributed by atoms with van der Waals surface area (Å²) < 4.78 is 18.4. The van der Waals surface area contributed by atoms with Crippen molar-refractivity contribution >= 4 is 0 Å². The average Bonchev–Trinajstić information content (AvgIpc) is 2.28. The summed E-state index contributed by atoms with van der Waals surface area (Å²) in [5, 5.41) is 9.70. The molecule has 0 saturated carbocycles. The van der Waals surface area contributed by atoms with E-state index in [-0.39, 0.29) is 5.82 Å². The molecule has 0 heterocycles. The molecule has 1 aromatic rings. The van der Waals surface area contributed by atoms with Gasteiger partial charge < -0.3 is 9.84 Å². The van der Waals surface area contributed by atoms with Gasteiger partial charge >= 0.3 is 0 Å². The Balaban J connectivity index is 2.28. The molecule has 0 radical (unpaired) electrons. The van der Waals surface area contributed by atoms with Crippen molar-refractivity contribution in [3.63, 3.8) is 0 Å². The summed E-state index contributed by atoms with van der Waals surface area (Å²) in [4.78, 5) is 0. The Hall–Kier alpha value is -0.930. The number of aliphatic hydroxyl groups is 1. The van der Waals surface area contributed by atoms with Crippen molar-refractivity contribution in [3.05, 3.63) is 35.6 Å². The van der Waals surface area contributed by atoms with E-state index >= 15 is 0 Å².